The molecule has 5 heteroatoms. The van der Waals surface area contributed by atoms with Gasteiger partial charge in [0.15, 0.2) is 0 Å². The Kier molecular flexibility index (Phi) is 6.24. The number of ether oxygens (including phenoxy) is 1. The third-order valence-electron chi connectivity index (χ3n) is 4.39. The van der Waals surface area contributed by atoms with E-state index >= 15 is 0 Å². The lowest BCUT2D eigenvalue weighted by Crippen LogP contribution is -2.50. The number of amides is 1. The standard InChI is InChI=1S/C19H31N3O2/c1-5-17(16-8-6-15(14-20)7-9-16)21-10-12-22(13-11-21)18(23)24-19(2,3)4/h6-9,17H,5,10-14,20H2,1-4H3. The SMILES string of the molecule is CCC(c1ccc(CN)cc1)N1CCN(C(=O)OC(C)(C)C)CC1. The average molecular weight is 333 g/mol. The van der Waals surface area contributed by atoms with E-state index in [-0.39, 0.29) is 6.09 Å². The zero-order valence-corrected chi connectivity index (χ0v) is 15.4. The van der Waals surface area contributed by atoms with E-state index in [2.05, 4.69) is 36.1 Å². The molecule has 0 aromatic heterocycles. The van der Waals surface area contributed by atoms with Crippen LogP contribution in [-0.4, -0.2) is 47.7 Å². The molecule has 1 aliphatic rings. The maximum atomic E-state index is 12.2. The van der Waals surface area contributed by atoms with Crippen LogP contribution in [0.25, 0.3) is 0 Å². The minimum atomic E-state index is -0.440. The molecule has 134 valence electrons. The van der Waals surface area contributed by atoms with Crippen LogP contribution in [0.3, 0.4) is 0 Å². The molecule has 1 aromatic carbocycles. The van der Waals surface area contributed by atoms with Crippen LogP contribution in [0.2, 0.25) is 0 Å². The van der Waals surface area contributed by atoms with Crippen LogP contribution in [0.4, 0.5) is 4.79 Å². The number of nitrogens with two attached hydrogens (primary N) is 1. The van der Waals surface area contributed by atoms with Crippen molar-refractivity contribution in [1.82, 2.24) is 9.80 Å². The second-order valence-corrected chi connectivity index (χ2v) is 7.37. The summed E-state index contributed by atoms with van der Waals surface area (Å²) in [5.74, 6) is 0. The molecule has 2 N–H and O–H groups in total. The van der Waals surface area contributed by atoms with Crippen molar-refractivity contribution in [2.24, 2.45) is 5.73 Å². The first kappa shape index (κ1) is 18.7. The summed E-state index contributed by atoms with van der Waals surface area (Å²) in [5, 5.41) is 0. The largest absolute Gasteiger partial charge is 0.444 e. The molecule has 1 atom stereocenters. The molecule has 2 rings (SSSR count). The van der Waals surface area contributed by atoms with Crippen LogP contribution in [0.5, 0.6) is 0 Å². The van der Waals surface area contributed by atoms with Crippen LogP contribution in [-0.2, 0) is 11.3 Å². The Morgan fingerprint density at radius 1 is 1.17 bits per heavy atom. The number of piperazine rings is 1. The predicted molar refractivity (Wildman–Crippen MR) is 96.7 cm³/mol. The van der Waals surface area contributed by atoms with Gasteiger partial charge < -0.3 is 15.4 Å². The molecule has 1 aromatic rings. The second kappa shape index (κ2) is 7.99. The molecule has 1 saturated heterocycles. The molecule has 1 amide bonds. The summed E-state index contributed by atoms with van der Waals surface area (Å²) < 4.78 is 5.47. The summed E-state index contributed by atoms with van der Waals surface area (Å²) in [4.78, 5) is 16.4. The molecule has 24 heavy (non-hydrogen) atoms. The lowest BCUT2D eigenvalue weighted by molar-refractivity contribution is 0.00998. The van der Waals surface area contributed by atoms with Gasteiger partial charge in [0, 0.05) is 38.8 Å². The van der Waals surface area contributed by atoms with Gasteiger partial charge in [-0.05, 0) is 38.3 Å². The van der Waals surface area contributed by atoms with Crippen molar-refractivity contribution in [3.63, 3.8) is 0 Å². The van der Waals surface area contributed by atoms with E-state index in [4.69, 9.17) is 10.5 Å². The highest BCUT2D eigenvalue weighted by molar-refractivity contribution is 5.68. The first-order valence-corrected chi connectivity index (χ1v) is 8.85. The van der Waals surface area contributed by atoms with E-state index in [1.165, 1.54) is 5.56 Å². The van der Waals surface area contributed by atoms with E-state index < -0.39 is 5.60 Å². The molecule has 0 saturated carbocycles. The lowest BCUT2D eigenvalue weighted by Gasteiger charge is -2.39. The van der Waals surface area contributed by atoms with Crippen molar-refractivity contribution < 1.29 is 9.53 Å². The Morgan fingerprint density at radius 2 is 1.75 bits per heavy atom. The first-order valence-electron chi connectivity index (χ1n) is 8.85. The normalized spacial score (nSPS) is 17.6. The van der Waals surface area contributed by atoms with Crippen LogP contribution in [0.1, 0.15) is 51.3 Å². The first-order chi connectivity index (χ1) is 11.3. The van der Waals surface area contributed by atoms with Gasteiger partial charge in [0.1, 0.15) is 5.60 Å². The fourth-order valence-electron chi connectivity index (χ4n) is 3.12. The fraction of sp³-hybridized carbons (Fsp3) is 0.632. The Morgan fingerprint density at radius 3 is 2.21 bits per heavy atom. The Hall–Kier alpha value is -1.59. The van der Waals surface area contributed by atoms with Gasteiger partial charge in [-0.1, -0.05) is 31.2 Å². The van der Waals surface area contributed by atoms with Gasteiger partial charge in [-0.2, -0.15) is 0 Å². The molecule has 1 aliphatic heterocycles. The third kappa shape index (κ3) is 4.95. The maximum Gasteiger partial charge on any atom is 0.410 e. The summed E-state index contributed by atoms with van der Waals surface area (Å²) in [6, 6.07) is 8.95. The van der Waals surface area contributed by atoms with E-state index in [9.17, 15) is 4.79 Å². The topological polar surface area (TPSA) is 58.8 Å². The molecule has 1 unspecified atom stereocenters. The summed E-state index contributed by atoms with van der Waals surface area (Å²) >= 11 is 0. The third-order valence-corrected chi connectivity index (χ3v) is 4.39. The molecule has 0 spiro atoms. The molecular weight excluding hydrogens is 302 g/mol. The molecule has 1 heterocycles. The number of rotatable bonds is 4. The molecule has 0 aliphatic carbocycles. The molecule has 1 fully saturated rings. The quantitative estimate of drug-likeness (QED) is 0.919. The van der Waals surface area contributed by atoms with Gasteiger partial charge in [-0.25, -0.2) is 4.79 Å². The van der Waals surface area contributed by atoms with Crippen molar-refractivity contribution in [2.45, 2.75) is 52.3 Å². The van der Waals surface area contributed by atoms with Gasteiger partial charge in [0.05, 0.1) is 0 Å². The Bertz CT molecular complexity index is 529. The number of nitrogens with zero attached hydrogens (tertiary/aromatic N) is 2. The zero-order chi connectivity index (χ0) is 17.7. The van der Waals surface area contributed by atoms with Gasteiger partial charge >= 0.3 is 6.09 Å². The summed E-state index contributed by atoms with van der Waals surface area (Å²) in [6.45, 7) is 11.7. The monoisotopic (exact) mass is 333 g/mol. The highest BCUT2D eigenvalue weighted by Crippen LogP contribution is 2.26. The van der Waals surface area contributed by atoms with Crippen molar-refractivity contribution in [3.05, 3.63) is 35.4 Å². The predicted octanol–water partition coefficient (Wildman–Crippen LogP) is 3.15. The van der Waals surface area contributed by atoms with E-state index in [0.717, 1.165) is 25.1 Å². The van der Waals surface area contributed by atoms with Crippen LogP contribution < -0.4 is 5.73 Å². The molecule has 5 nitrogen and oxygen atoms in total. The lowest BCUT2D eigenvalue weighted by atomic mass is 10.0. The Balaban J connectivity index is 1.95. The number of carbonyl (C=O) groups is 1. The summed E-state index contributed by atoms with van der Waals surface area (Å²) in [7, 11) is 0. The maximum absolute atomic E-state index is 12.2. The highest BCUT2D eigenvalue weighted by atomic mass is 16.6. The van der Waals surface area contributed by atoms with E-state index in [1.807, 2.05) is 25.7 Å². The molecule has 0 radical (unpaired) electrons. The average Bonchev–Trinajstić information content (AvgIpc) is 2.55. The number of carbonyl (C=O) groups excluding carboxylic acids is 1. The second-order valence-electron chi connectivity index (χ2n) is 7.37. The number of hydrogen-bond donors (Lipinski definition) is 1. The number of hydrogen-bond acceptors (Lipinski definition) is 4. The summed E-state index contributed by atoms with van der Waals surface area (Å²) in [5.41, 5.74) is 7.72. The van der Waals surface area contributed by atoms with Crippen LogP contribution >= 0.6 is 0 Å². The van der Waals surface area contributed by atoms with Gasteiger partial charge in [0.25, 0.3) is 0 Å². The van der Waals surface area contributed by atoms with Gasteiger partial charge in [0.2, 0.25) is 0 Å². The highest BCUT2D eigenvalue weighted by Gasteiger charge is 2.28. The fourth-order valence-corrected chi connectivity index (χ4v) is 3.12. The summed E-state index contributed by atoms with van der Waals surface area (Å²) in [6.07, 6.45) is 0.844. The smallest absolute Gasteiger partial charge is 0.410 e. The molecule has 0 bridgehead atoms. The van der Waals surface area contributed by atoms with Crippen molar-refractivity contribution in [1.29, 1.82) is 0 Å². The number of benzene rings is 1. The minimum Gasteiger partial charge on any atom is -0.444 e. The van der Waals surface area contributed by atoms with Crippen molar-refractivity contribution >= 4 is 6.09 Å². The van der Waals surface area contributed by atoms with Crippen molar-refractivity contribution in [2.75, 3.05) is 26.2 Å². The van der Waals surface area contributed by atoms with E-state index in [1.54, 1.807) is 0 Å². The van der Waals surface area contributed by atoms with Gasteiger partial charge in [-0.15, -0.1) is 0 Å². The molecular formula is C19H31N3O2. The van der Waals surface area contributed by atoms with Crippen molar-refractivity contribution in [3.8, 4) is 0 Å². The van der Waals surface area contributed by atoms with Gasteiger partial charge in [-0.3, -0.25) is 4.90 Å². The Labute approximate surface area is 145 Å². The zero-order valence-electron chi connectivity index (χ0n) is 15.4. The minimum absolute atomic E-state index is 0.206. The van der Waals surface area contributed by atoms with E-state index in [0.29, 0.717) is 25.7 Å². The van der Waals surface area contributed by atoms with Crippen LogP contribution in [0.15, 0.2) is 24.3 Å². The van der Waals surface area contributed by atoms with Crippen LogP contribution in [0, 0.1) is 0 Å².